The Balaban J connectivity index is 1.71. The Labute approximate surface area is 138 Å². The number of nitrogens with one attached hydrogen (secondary N) is 2. The van der Waals surface area contributed by atoms with E-state index in [2.05, 4.69) is 15.6 Å². The van der Waals surface area contributed by atoms with E-state index in [1.165, 1.54) is 11.3 Å². The quantitative estimate of drug-likeness (QED) is 0.708. The first-order chi connectivity index (χ1) is 10.5. The van der Waals surface area contributed by atoms with Crippen molar-refractivity contribution < 1.29 is 9.90 Å². The molecule has 22 heavy (non-hydrogen) atoms. The minimum absolute atomic E-state index is 0.151. The number of nitrogens with zero attached hydrogens (tertiary/aromatic N) is 1. The second-order valence-corrected chi connectivity index (χ2v) is 6.30. The van der Waals surface area contributed by atoms with Crippen molar-refractivity contribution in [1.29, 1.82) is 0 Å². The van der Waals surface area contributed by atoms with Gasteiger partial charge in [-0.05, 0) is 47.4 Å². The van der Waals surface area contributed by atoms with Gasteiger partial charge >= 0.3 is 6.03 Å². The summed E-state index contributed by atoms with van der Waals surface area (Å²) in [4.78, 5) is 15.7. The molecule has 0 aliphatic carbocycles. The molecule has 2 heterocycles. The summed E-state index contributed by atoms with van der Waals surface area (Å²) in [6.45, 7) is 2.31. The van der Waals surface area contributed by atoms with E-state index < -0.39 is 5.60 Å². The number of hydrogen-bond donors (Lipinski definition) is 3. The van der Waals surface area contributed by atoms with Crippen molar-refractivity contribution in [2.75, 3.05) is 13.1 Å². The van der Waals surface area contributed by atoms with Gasteiger partial charge in [0.2, 0.25) is 0 Å². The highest BCUT2D eigenvalue weighted by Gasteiger charge is 2.23. The summed E-state index contributed by atoms with van der Waals surface area (Å²) in [5.74, 6) is 0. The van der Waals surface area contributed by atoms with Gasteiger partial charge in [-0.25, -0.2) is 9.78 Å². The van der Waals surface area contributed by atoms with Crippen LogP contribution in [-0.4, -0.2) is 29.2 Å². The maximum atomic E-state index is 11.7. The number of carbonyl (C=O) groups excluding carboxylic acids is 1. The van der Waals surface area contributed by atoms with Gasteiger partial charge in [-0.3, -0.25) is 0 Å². The zero-order chi connectivity index (χ0) is 16.0. The molecule has 2 amide bonds. The van der Waals surface area contributed by atoms with Crippen LogP contribution >= 0.6 is 22.9 Å². The van der Waals surface area contributed by atoms with Gasteiger partial charge < -0.3 is 15.7 Å². The summed E-state index contributed by atoms with van der Waals surface area (Å²) in [7, 11) is 0. The standard InChI is InChI=1S/C15H18ClN3O2S/c1-15(21,12-5-7-22-9-12)10-19-14(20)17-6-4-11-2-3-13(16)18-8-11/h2-3,5,7-9,21H,4,6,10H2,1H3,(H2,17,19,20). The Morgan fingerprint density at radius 3 is 2.86 bits per heavy atom. The molecule has 0 spiro atoms. The lowest BCUT2D eigenvalue weighted by Crippen LogP contribution is -2.43. The monoisotopic (exact) mass is 339 g/mol. The second kappa shape index (κ2) is 7.58. The van der Waals surface area contributed by atoms with E-state index >= 15 is 0 Å². The van der Waals surface area contributed by atoms with Crippen molar-refractivity contribution in [3.63, 3.8) is 0 Å². The van der Waals surface area contributed by atoms with Gasteiger partial charge in [0.05, 0.1) is 6.54 Å². The maximum Gasteiger partial charge on any atom is 0.314 e. The number of aliphatic hydroxyl groups is 1. The highest BCUT2D eigenvalue weighted by atomic mass is 35.5. The van der Waals surface area contributed by atoms with Crippen LogP contribution in [0.3, 0.4) is 0 Å². The zero-order valence-corrected chi connectivity index (χ0v) is 13.7. The minimum atomic E-state index is -1.07. The molecule has 7 heteroatoms. The third-order valence-corrected chi connectivity index (χ3v) is 4.13. The number of thiophene rings is 1. The largest absolute Gasteiger partial charge is 0.384 e. The molecule has 0 radical (unpaired) electrons. The summed E-state index contributed by atoms with van der Waals surface area (Å²) >= 11 is 7.22. The molecule has 1 unspecified atom stereocenters. The predicted molar refractivity (Wildman–Crippen MR) is 88.2 cm³/mol. The molecule has 5 nitrogen and oxygen atoms in total. The molecule has 0 saturated heterocycles. The SMILES string of the molecule is CC(O)(CNC(=O)NCCc1ccc(Cl)nc1)c1ccsc1. The Morgan fingerprint density at radius 1 is 1.41 bits per heavy atom. The fourth-order valence-electron chi connectivity index (χ4n) is 1.86. The minimum Gasteiger partial charge on any atom is -0.384 e. The van der Waals surface area contributed by atoms with Gasteiger partial charge in [0.15, 0.2) is 0 Å². The number of hydrogen-bond acceptors (Lipinski definition) is 4. The van der Waals surface area contributed by atoms with Gasteiger partial charge in [0.25, 0.3) is 0 Å². The Morgan fingerprint density at radius 2 is 2.23 bits per heavy atom. The predicted octanol–water partition coefficient (Wildman–Crippen LogP) is 2.55. The number of carbonyl (C=O) groups is 1. The zero-order valence-electron chi connectivity index (χ0n) is 12.2. The molecule has 0 aromatic carbocycles. The molecule has 1 atom stereocenters. The van der Waals surface area contributed by atoms with E-state index in [0.29, 0.717) is 18.1 Å². The Kier molecular flexibility index (Phi) is 5.76. The summed E-state index contributed by atoms with van der Waals surface area (Å²) in [5.41, 5.74) is 0.720. The van der Waals surface area contributed by atoms with Gasteiger partial charge in [-0.15, -0.1) is 0 Å². The molecule has 0 bridgehead atoms. The number of rotatable bonds is 6. The van der Waals surface area contributed by atoms with Crippen LogP contribution in [0.2, 0.25) is 5.15 Å². The number of urea groups is 1. The van der Waals surface area contributed by atoms with Crippen molar-refractivity contribution in [1.82, 2.24) is 15.6 Å². The fourth-order valence-corrected chi connectivity index (χ4v) is 2.76. The van der Waals surface area contributed by atoms with Gasteiger partial charge in [-0.2, -0.15) is 11.3 Å². The lowest BCUT2D eigenvalue weighted by atomic mass is 9.99. The van der Waals surface area contributed by atoms with E-state index in [4.69, 9.17) is 11.6 Å². The van der Waals surface area contributed by atoms with Gasteiger partial charge in [-0.1, -0.05) is 17.7 Å². The summed E-state index contributed by atoms with van der Waals surface area (Å²) in [6, 6.07) is 5.13. The molecule has 0 aliphatic rings. The molecule has 3 N–H and O–H groups in total. The normalized spacial score (nSPS) is 13.4. The average Bonchev–Trinajstić information content (AvgIpc) is 3.02. The first-order valence-corrected chi connectivity index (χ1v) is 8.16. The fraction of sp³-hybridized carbons (Fsp3) is 0.333. The third-order valence-electron chi connectivity index (χ3n) is 3.22. The van der Waals surface area contributed by atoms with E-state index in [1.807, 2.05) is 22.9 Å². The highest BCUT2D eigenvalue weighted by molar-refractivity contribution is 7.08. The molecule has 118 valence electrons. The van der Waals surface area contributed by atoms with Crippen LogP contribution in [0.4, 0.5) is 4.79 Å². The molecule has 0 fully saturated rings. The molecule has 2 aromatic rings. The smallest absolute Gasteiger partial charge is 0.314 e. The van der Waals surface area contributed by atoms with Crippen LogP contribution in [0.1, 0.15) is 18.1 Å². The molecular weight excluding hydrogens is 322 g/mol. The first-order valence-electron chi connectivity index (χ1n) is 6.84. The summed E-state index contributed by atoms with van der Waals surface area (Å²) < 4.78 is 0. The van der Waals surface area contributed by atoms with Gasteiger partial charge in [0.1, 0.15) is 10.8 Å². The molecule has 0 aliphatic heterocycles. The van der Waals surface area contributed by atoms with Crippen molar-refractivity contribution >= 4 is 29.0 Å². The number of pyridine rings is 1. The van der Waals surface area contributed by atoms with Crippen LogP contribution in [0, 0.1) is 0 Å². The van der Waals surface area contributed by atoms with Crippen LogP contribution in [0.5, 0.6) is 0 Å². The van der Waals surface area contributed by atoms with Crippen LogP contribution in [0.15, 0.2) is 35.2 Å². The number of halogens is 1. The van der Waals surface area contributed by atoms with E-state index in [-0.39, 0.29) is 12.6 Å². The number of amides is 2. The summed E-state index contributed by atoms with van der Waals surface area (Å²) in [6.07, 6.45) is 2.35. The van der Waals surface area contributed by atoms with E-state index in [9.17, 15) is 9.90 Å². The lowest BCUT2D eigenvalue weighted by Gasteiger charge is -2.22. The van der Waals surface area contributed by atoms with Gasteiger partial charge in [0, 0.05) is 12.7 Å². The van der Waals surface area contributed by atoms with Crippen molar-refractivity contribution in [2.45, 2.75) is 18.9 Å². The third kappa shape index (κ3) is 4.98. The molecule has 2 rings (SSSR count). The second-order valence-electron chi connectivity index (χ2n) is 5.13. The first kappa shape index (κ1) is 16.7. The number of aromatic nitrogens is 1. The van der Waals surface area contributed by atoms with Crippen molar-refractivity contribution in [3.05, 3.63) is 51.4 Å². The van der Waals surface area contributed by atoms with E-state index in [1.54, 1.807) is 19.2 Å². The van der Waals surface area contributed by atoms with Crippen molar-refractivity contribution in [3.8, 4) is 0 Å². The molecule has 0 saturated carbocycles. The molecule has 2 aromatic heterocycles. The average molecular weight is 340 g/mol. The Hall–Kier alpha value is -1.63. The summed E-state index contributed by atoms with van der Waals surface area (Å²) in [5, 5.41) is 19.9. The van der Waals surface area contributed by atoms with Crippen molar-refractivity contribution in [2.24, 2.45) is 0 Å². The highest BCUT2D eigenvalue weighted by Crippen LogP contribution is 2.21. The van der Waals surface area contributed by atoms with E-state index in [0.717, 1.165) is 11.1 Å². The van der Waals surface area contributed by atoms with Crippen LogP contribution < -0.4 is 10.6 Å². The maximum absolute atomic E-state index is 11.7. The van der Waals surface area contributed by atoms with Crippen LogP contribution in [0.25, 0.3) is 0 Å². The lowest BCUT2D eigenvalue weighted by molar-refractivity contribution is 0.0598. The topological polar surface area (TPSA) is 74.2 Å². The van der Waals surface area contributed by atoms with Crippen LogP contribution in [-0.2, 0) is 12.0 Å². The molecular formula is C15H18ClN3O2S. The Bertz CT molecular complexity index is 600.